The van der Waals surface area contributed by atoms with Crippen molar-refractivity contribution in [3.05, 3.63) is 0 Å². The van der Waals surface area contributed by atoms with Crippen molar-refractivity contribution in [3.8, 4) is 0 Å². The van der Waals surface area contributed by atoms with Crippen molar-refractivity contribution in [1.29, 1.82) is 0 Å². The van der Waals surface area contributed by atoms with E-state index in [1.54, 1.807) is 0 Å². The van der Waals surface area contributed by atoms with E-state index in [0.29, 0.717) is 12.0 Å². The number of hydrogen-bond donors (Lipinski definition) is 0. The summed E-state index contributed by atoms with van der Waals surface area (Å²) in [5, 5.41) is 0. The summed E-state index contributed by atoms with van der Waals surface area (Å²) >= 11 is 0. The van der Waals surface area contributed by atoms with Crippen molar-refractivity contribution < 1.29 is 9.47 Å². The Kier molecular flexibility index (Phi) is 8.46. The highest BCUT2D eigenvalue weighted by Gasteiger charge is 2.24. The van der Waals surface area contributed by atoms with Crippen LogP contribution in [0.15, 0.2) is 0 Å². The molecule has 2 atom stereocenters. The van der Waals surface area contributed by atoms with E-state index in [4.69, 9.17) is 9.47 Å². The highest BCUT2D eigenvalue weighted by atomic mass is 16.5. The summed E-state index contributed by atoms with van der Waals surface area (Å²) in [4.78, 5) is 0. The third kappa shape index (κ3) is 5.27. The molecule has 0 saturated carbocycles. The first kappa shape index (κ1) is 12.9. The van der Waals surface area contributed by atoms with Gasteiger partial charge in [-0.25, -0.2) is 0 Å². The fraction of sp³-hybridized carbons (Fsp3) is 1.00. The average molecular weight is 188 g/mol. The number of unbranched alkanes of at least 4 members (excludes halogenated alkanes) is 1. The highest BCUT2D eigenvalue weighted by Crippen LogP contribution is 2.16. The second kappa shape index (κ2) is 8.52. The molecule has 0 N–H and O–H groups in total. The van der Waals surface area contributed by atoms with Crippen molar-refractivity contribution in [2.75, 3.05) is 19.8 Å². The normalized spacial score (nSPS) is 26.8. The maximum absolute atomic E-state index is 5.63. The van der Waals surface area contributed by atoms with Gasteiger partial charge in [0.25, 0.3) is 0 Å². The zero-order valence-electron chi connectivity index (χ0n) is 9.51. The van der Waals surface area contributed by atoms with Gasteiger partial charge in [-0.2, -0.15) is 0 Å². The van der Waals surface area contributed by atoms with Crippen LogP contribution in [0.25, 0.3) is 0 Å². The predicted octanol–water partition coefficient (Wildman–Crippen LogP) is 2.86. The topological polar surface area (TPSA) is 18.5 Å². The van der Waals surface area contributed by atoms with E-state index in [2.05, 4.69) is 13.8 Å². The van der Waals surface area contributed by atoms with Crippen LogP contribution in [0.5, 0.6) is 0 Å². The van der Waals surface area contributed by atoms with Gasteiger partial charge in [-0.3, -0.25) is 0 Å². The summed E-state index contributed by atoms with van der Waals surface area (Å²) in [5.74, 6) is 0.590. The van der Waals surface area contributed by atoms with Crippen molar-refractivity contribution in [2.45, 2.75) is 46.6 Å². The minimum Gasteiger partial charge on any atom is -0.378 e. The van der Waals surface area contributed by atoms with Crippen LogP contribution in [0.1, 0.15) is 40.5 Å². The van der Waals surface area contributed by atoms with Gasteiger partial charge in [-0.1, -0.05) is 34.1 Å². The van der Waals surface area contributed by atoms with Crippen LogP contribution in [0.3, 0.4) is 0 Å². The summed E-state index contributed by atoms with van der Waals surface area (Å²) < 4.78 is 10.9. The molecule has 13 heavy (non-hydrogen) atoms. The summed E-state index contributed by atoms with van der Waals surface area (Å²) in [6.07, 6.45) is 2.74. The molecular formula is C11H24O2. The van der Waals surface area contributed by atoms with Crippen molar-refractivity contribution in [2.24, 2.45) is 5.92 Å². The summed E-state index contributed by atoms with van der Waals surface area (Å²) in [7, 11) is 0. The molecule has 2 nitrogen and oxygen atoms in total. The lowest BCUT2D eigenvalue weighted by atomic mass is 10.1. The van der Waals surface area contributed by atoms with Gasteiger partial charge in [0.1, 0.15) is 0 Å². The number of rotatable bonds is 4. The van der Waals surface area contributed by atoms with Crippen molar-refractivity contribution in [3.63, 3.8) is 0 Å². The minimum absolute atomic E-state index is 0.363. The van der Waals surface area contributed by atoms with Gasteiger partial charge in [0, 0.05) is 12.5 Å². The van der Waals surface area contributed by atoms with E-state index >= 15 is 0 Å². The average Bonchev–Trinajstić information content (AvgIpc) is 2.56. The first-order valence-corrected chi connectivity index (χ1v) is 5.54. The Labute approximate surface area is 82.6 Å². The third-order valence-corrected chi connectivity index (χ3v) is 2.13. The van der Waals surface area contributed by atoms with Crippen LogP contribution in [0.4, 0.5) is 0 Å². The molecule has 0 aromatic carbocycles. The van der Waals surface area contributed by atoms with E-state index in [0.717, 1.165) is 19.8 Å². The molecule has 80 valence electrons. The second-order valence-corrected chi connectivity index (χ2v) is 3.28. The van der Waals surface area contributed by atoms with Gasteiger partial charge in [-0.05, 0) is 6.42 Å². The van der Waals surface area contributed by atoms with E-state index in [9.17, 15) is 0 Å². The quantitative estimate of drug-likeness (QED) is 0.632. The molecule has 1 fully saturated rings. The van der Waals surface area contributed by atoms with Gasteiger partial charge in [-0.15, -0.1) is 0 Å². The molecule has 0 aromatic heterocycles. The van der Waals surface area contributed by atoms with Crippen LogP contribution < -0.4 is 0 Å². The molecule has 0 amide bonds. The smallest absolute Gasteiger partial charge is 0.0855 e. The SMILES string of the molecule is CC.CCCCOC1COCC1C. The summed E-state index contributed by atoms with van der Waals surface area (Å²) in [5.41, 5.74) is 0. The molecule has 0 radical (unpaired) electrons. The monoisotopic (exact) mass is 188 g/mol. The zero-order valence-corrected chi connectivity index (χ0v) is 9.51. The maximum Gasteiger partial charge on any atom is 0.0855 e. The largest absolute Gasteiger partial charge is 0.378 e. The lowest BCUT2D eigenvalue weighted by Gasteiger charge is -2.13. The second-order valence-electron chi connectivity index (χ2n) is 3.28. The third-order valence-electron chi connectivity index (χ3n) is 2.13. The van der Waals surface area contributed by atoms with Crippen molar-refractivity contribution >= 4 is 0 Å². The fourth-order valence-corrected chi connectivity index (χ4v) is 1.23. The Morgan fingerprint density at radius 1 is 1.31 bits per heavy atom. The van der Waals surface area contributed by atoms with Crippen molar-refractivity contribution in [1.82, 2.24) is 0 Å². The van der Waals surface area contributed by atoms with Gasteiger partial charge in [0.15, 0.2) is 0 Å². The predicted molar refractivity (Wildman–Crippen MR) is 56.0 cm³/mol. The molecule has 1 aliphatic rings. The van der Waals surface area contributed by atoms with Gasteiger partial charge in [0.2, 0.25) is 0 Å². The molecule has 1 heterocycles. The number of hydrogen-bond acceptors (Lipinski definition) is 2. The summed E-state index contributed by atoms with van der Waals surface area (Å²) in [6.45, 7) is 10.9. The van der Waals surface area contributed by atoms with Crippen LogP contribution in [-0.4, -0.2) is 25.9 Å². The molecule has 0 aromatic rings. The summed E-state index contributed by atoms with van der Waals surface area (Å²) in [6, 6.07) is 0. The molecule has 1 saturated heterocycles. The zero-order chi connectivity index (χ0) is 10.1. The van der Waals surface area contributed by atoms with Gasteiger partial charge in [0.05, 0.1) is 19.3 Å². The van der Waals surface area contributed by atoms with Crippen LogP contribution in [0, 0.1) is 5.92 Å². The lowest BCUT2D eigenvalue weighted by Crippen LogP contribution is -2.20. The molecule has 0 bridgehead atoms. The van der Waals surface area contributed by atoms with Gasteiger partial charge >= 0.3 is 0 Å². The lowest BCUT2D eigenvalue weighted by molar-refractivity contribution is 0.0275. The molecular weight excluding hydrogens is 164 g/mol. The molecule has 1 aliphatic heterocycles. The first-order chi connectivity index (χ1) is 6.34. The Hall–Kier alpha value is -0.0800. The highest BCUT2D eigenvalue weighted by molar-refractivity contribution is 4.71. The van der Waals surface area contributed by atoms with Crippen LogP contribution in [0.2, 0.25) is 0 Å². The maximum atomic E-state index is 5.63. The Balaban J connectivity index is 0.000000671. The van der Waals surface area contributed by atoms with E-state index in [1.807, 2.05) is 13.8 Å². The van der Waals surface area contributed by atoms with E-state index in [1.165, 1.54) is 12.8 Å². The molecule has 2 unspecified atom stereocenters. The molecule has 0 spiro atoms. The fourth-order valence-electron chi connectivity index (χ4n) is 1.23. The first-order valence-electron chi connectivity index (χ1n) is 5.54. The molecule has 0 aliphatic carbocycles. The Morgan fingerprint density at radius 3 is 2.46 bits per heavy atom. The van der Waals surface area contributed by atoms with E-state index < -0.39 is 0 Å². The minimum atomic E-state index is 0.363. The van der Waals surface area contributed by atoms with E-state index in [-0.39, 0.29) is 0 Å². The Bertz CT molecular complexity index is 104. The van der Waals surface area contributed by atoms with Crippen LogP contribution in [-0.2, 0) is 9.47 Å². The Morgan fingerprint density at radius 2 is 2.00 bits per heavy atom. The molecule has 1 rings (SSSR count). The van der Waals surface area contributed by atoms with Gasteiger partial charge < -0.3 is 9.47 Å². The molecule has 2 heteroatoms. The standard InChI is InChI=1S/C9H18O2.C2H6/c1-3-4-5-11-9-7-10-6-8(9)2;1-2/h8-9H,3-7H2,1-2H3;1-2H3. The number of ether oxygens (including phenoxy) is 2. The van der Waals surface area contributed by atoms with Crippen LogP contribution >= 0.6 is 0 Å².